The van der Waals surface area contributed by atoms with Gasteiger partial charge in [0.1, 0.15) is 0 Å². The van der Waals surface area contributed by atoms with Crippen LogP contribution in [0.4, 0.5) is 0 Å². The molecule has 0 aromatic heterocycles. The zero-order chi connectivity index (χ0) is 18.3. The highest BCUT2D eigenvalue weighted by Gasteiger charge is 2.56. The van der Waals surface area contributed by atoms with Crippen molar-refractivity contribution in [1.29, 1.82) is 0 Å². The van der Waals surface area contributed by atoms with Crippen molar-refractivity contribution in [3.63, 3.8) is 0 Å². The summed E-state index contributed by atoms with van der Waals surface area (Å²) in [5.74, 6) is 0.513. The third-order valence-electron chi connectivity index (χ3n) is 4.92. The third kappa shape index (κ3) is 4.27. The van der Waals surface area contributed by atoms with Crippen LogP contribution in [0.25, 0.3) is 0 Å². The molecule has 2 rings (SSSR count). The minimum atomic E-state index is -1.24. The number of allylic oxidation sites excluding steroid dienone is 1. The molecule has 5 heteroatoms. The first-order chi connectivity index (χ1) is 12.1. The molecule has 0 radical (unpaired) electrons. The van der Waals surface area contributed by atoms with Crippen LogP contribution in [0.1, 0.15) is 31.2 Å². The lowest BCUT2D eigenvalue weighted by Gasteiger charge is -2.40. The highest BCUT2D eigenvalue weighted by molar-refractivity contribution is 7.98. The lowest BCUT2D eigenvalue weighted by Crippen LogP contribution is -2.49. The summed E-state index contributed by atoms with van der Waals surface area (Å²) in [7, 11) is 2.65. The minimum Gasteiger partial charge on any atom is -0.468 e. The number of esters is 2. The maximum Gasteiger partial charge on any atom is 0.323 e. The van der Waals surface area contributed by atoms with Gasteiger partial charge in [-0.25, -0.2) is 0 Å². The summed E-state index contributed by atoms with van der Waals surface area (Å²) in [6, 6.07) is 10.2. The van der Waals surface area contributed by atoms with Crippen LogP contribution in [-0.2, 0) is 24.8 Å². The van der Waals surface area contributed by atoms with Gasteiger partial charge in [0.05, 0.1) is 14.2 Å². The van der Waals surface area contributed by atoms with Gasteiger partial charge in [-0.3, -0.25) is 9.59 Å². The van der Waals surface area contributed by atoms with Crippen molar-refractivity contribution in [2.45, 2.75) is 31.4 Å². The second-order valence-corrected chi connectivity index (χ2v) is 7.45. The van der Waals surface area contributed by atoms with Gasteiger partial charge in [0.2, 0.25) is 0 Å². The molecule has 0 N–H and O–H groups in total. The molecule has 136 valence electrons. The monoisotopic (exact) mass is 362 g/mol. The Hall–Kier alpha value is -1.75. The fraction of sp³-hybridized carbons (Fsp3) is 0.500. The Kier molecular flexibility index (Phi) is 7.12. The molecule has 0 amide bonds. The number of thioether (sulfide) groups is 1. The highest BCUT2D eigenvalue weighted by Crippen LogP contribution is 2.47. The number of rotatable bonds is 7. The summed E-state index contributed by atoms with van der Waals surface area (Å²) in [4.78, 5) is 25.1. The van der Waals surface area contributed by atoms with Gasteiger partial charge in [-0.05, 0) is 37.0 Å². The fourth-order valence-corrected chi connectivity index (χ4v) is 4.62. The predicted molar refractivity (Wildman–Crippen MR) is 100 cm³/mol. The number of carbonyl (C=O) groups excluding carboxylic acids is 2. The van der Waals surface area contributed by atoms with Crippen molar-refractivity contribution in [3.8, 4) is 0 Å². The number of benzene rings is 1. The van der Waals surface area contributed by atoms with Crippen LogP contribution in [0, 0.1) is 11.3 Å². The second-order valence-electron chi connectivity index (χ2n) is 6.35. The van der Waals surface area contributed by atoms with Gasteiger partial charge in [0, 0.05) is 11.7 Å². The average molecular weight is 362 g/mol. The van der Waals surface area contributed by atoms with E-state index in [9.17, 15) is 9.59 Å². The first kappa shape index (κ1) is 19.6. The summed E-state index contributed by atoms with van der Waals surface area (Å²) >= 11 is 1.80. The van der Waals surface area contributed by atoms with E-state index >= 15 is 0 Å². The molecule has 1 aromatic carbocycles. The maximum absolute atomic E-state index is 12.5. The Balaban J connectivity index is 2.08. The first-order valence-corrected chi connectivity index (χ1v) is 9.68. The molecule has 1 aliphatic carbocycles. The molecule has 1 aromatic rings. The molecule has 1 saturated carbocycles. The van der Waals surface area contributed by atoms with Crippen molar-refractivity contribution in [2.75, 3.05) is 20.0 Å². The first-order valence-electron chi connectivity index (χ1n) is 8.52. The number of hydrogen-bond donors (Lipinski definition) is 0. The quantitative estimate of drug-likeness (QED) is 0.318. The van der Waals surface area contributed by atoms with E-state index in [2.05, 4.69) is 18.7 Å². The predicted octanol–water partition coefficient (Wildman–Crippen LogP) is 4.00. The lowest BCUT2D eigenvalue weighted by atomic mass is 9.63. The molecule has 1 atom stereocenters. The van der Waals surface area contributed by atoms with Crippen LogP contribution >= 0.6 is 11.8 Å². The van der Waals surface area contributed by atoms with Crippen LogP contribution in [0.15, 0.2) is 42.5 Å². The second kappa shape index (κ2) is 9.09. The Bertz CT molecular complexity index is 595. The standard InChI is InChI=1S/C20H26O4S/c1-15-8-7-12-20(18(21)23-2,19(22)24-3)17(15)11-13-25-14-16-9-5-4-6-10-16/h4-6,9-10,17H,1,7-8,11-14H2,2-3H3. The molecule has 0 spiro atoms. The zero-order valence-electron chi connectivity index (χ0n) is 15.0. The van der Waals surface area contributed by atoms with Crippen molar-refractivity contribution >= 4 is 23.7 Å². The van der Waals surface area contributed by atoms with E-state index in [1.54, 1.807) is 11.8 Å². The van der Waals surface area contributed by atoms with E-state index in [1.165, 1.54) is 19.8 Å². The van der Waals surface area contributed by atoms with Crippen LogP contribution in [0.3, 0.4) is 0 Å². The third-order valence-corrected chi connectivity index (χ3v) is 5.98. The topological polar surface area (TPSA) is 52.6 Å². The van der Waals surface area contributed by atoms with Crippen molar-refractivity contribution < 1.29 is 19.1 Å². The molecule has 0 aliphatic heterocycles. The van der Waals surface area contributed by atoms with E-state index < -0.39 is 17.4 Å². The number of ether oxygens (including phenoxy) is 2. The van der Waals surface area contributed by atoms with E-state index in [0.29, 0.717) is 12.8 Å². The maximum atomic E-state index is 12.5. The van der Waals surface area contributed by atoms with Gasteiger partial charge in [0.25, 0.3) is 0 Å². The number of hydrogen-bond acceptors (Lipinski definition) is 5. The Morgan fingerprint density at radius 2 is 1.84 bits per heavy atom. The molecule has 0 saturated heterocycles. The van der Waals surface area contributed by atoms with E-state index in [-0.39, 0.29) is 5.92 Å². The summed E-state index contributed by atoms with van der Waals surface area (Å²) < 4.78 is 9.97. The van der Waals surface area contributed by atoms with Gasteiger partial charge in [0.15, 0.2) is 5.41 Å². The number of carbonyl (C=O) groups is 2. The normalized spacial score (nSPS) is 19.3. The van der Waals surface area contributed by atoms with Crippen molar-refractivity contribution in [1.82, 2.24) is 0 Å². The summed E-state index contributed by atoms with van der Waals surface area (Å²) in [5.41, 5.74) is 0.969. The average Bonchev–Trinajstić information content (AvgIpc) is 2.65. The molecular weight excluding hydrogens is 336 g/mol. The lowest BCUT2D eigenvalue weighted by molar-refractivity contribution is -0.174. The van der Waals surface area contributed by atoms with Gasteiger partial charge >= 0.3 is 11.9 Å². The van der Waals surface area contributed by atoms with Crippen LogP contribution in [0.2, 0.25) is 0 Å². The van der Waals surface area contributed by atoms with Gasteiger partial charge in [-0.2, -0.15) is 11.8 Å². The molecule has 1 aliphatic rings. The molecule has 1 unspecified atom stereocenters. The molecule has 4 nitrogen and oxygen atoms in total. The van der Waals surface area contributed by atoms with Gasteiger partial charge in [-0.15, -0.1) is 0 Å². The van der Waals surface area contributed by atoms with Crippen LogP contribution < -0.4 is 0 Å². The van der Waals surface area contributed by atoms with Crippen LogP contribution in [0.5, 0.6) is 0 Å². The highest BCUT2D eigenvalue weighted by atomic mass is 32.2. The van der Waals surface area contributed by atoms with Crippen molar-refractivity contribution in [3.05, 3.63) is 48.0 Å². The Morgan fingerprint density at radius 3 is 2.44 bits per heavy atom. The molecule has 0 bridgehead atoms. The summed E-state index contributed by atoms with van der Waals surface area (Å²) in [6.45, 7) is 4.14. The van der Waals surface area contributed by atoms with Crippen LogP contribution in [-0.4, -0.2) is 31.9 Å². The largest absolute Gasteiger partial charge is 0.468 e. The Labute approximate surface area is 154 Å². The minimum absolute atomic E-state index is 0.232. The van der Waals surface area contributed by atoms with E-state index in [1.807, 2.05) is 18.2 Å². The molecule has 0 heterocycles. The molecule has 25 heavy (non-hydrogen) atoms. The Morgan fingerprint density at radius 1 is 1.20 bits per heavy atom. The summed E-state index contributed by atoms with van der Waals surface area (Å²) in [6.07, 6.45) is 2.75. The SMILES string of the molecule is C=C1CCCC(C(=O)OC)(C(=O)OC)C1CCSCc1ccccc1. The smallest absolute Gasteiger partial charge is 0.323 e. The van der Waals surface area contributed by atoms with Gasteiger partial charge in [-0.1, -0.05) is 42.5 Å². The molecular formula is C20H26O4S. The van der Waals surface area contributed by atoms with Gasteiger partial charge < -0.3 is 9.47 Å². The number of methoxy groups -OCH3 is 2. The fourth-order valence-electron chi connectivity index (χ4n) is 3.64. The van der Waals surface area contributed by atoms with E-state index in [0.717, 1.165) is 29.9 Å². The zero-order valence-corrected chi connectivity index (χ0v) is 15.8. The van der Waals surface area contributed by atoms with Crippen molar-refractivity contribution in [2.24, 2.45) is 11.3 Å². The summed E-state index contributed by atoms with van der Waals surface area (Å²) in [5, 5.41) is 0. The van der Waals surface area contributed by atoms with E-state index in [4.69, 9.17) is 9.47 Å². The molecule has 1 fully saturated rings.